The van der Waals surface area contributed by atoms with E-state index in [4.69, 9.17) is 26.6 Å². The van der Waals surface area contributed by atoms with Gasteiger partial charge in [0.05, 0.1) is 6.10 Å². The molecule has 1 unspecified atom stereocenters. The minimum absolute atomic E-state index is 0.0951. The Balaban J connectivity index is 0.000000583. The fourth-order valence-electron chi connectivity index (χ4n) is 4.98. The van der Waals surface area contributed by atoms with Crippen LogP contribution in [0.15, 0.2) is 91.0 Å². The molecule has 0 saturated carbocycles. The van der Waals surface area contributed by atoms with Crippen molar-refractivity contribution in [3.8, 4) is 0 Å². The number of carboxylic acid groups (broad SMARTS) is 2. The molecular formula is C36H42ClNO6. The Morgan fingerprint density at radius 3 is 1.93 bits per heavy atom. The quantitative estimate of drug-likeness (QED) is 0.168. The van der Waals surface area contributed by atoms with E-state index in [1.54, 1.807) is 0 Å². The lowest BCUT2D eigenvalue weighted by atomic mass is 9.86. The van der Waals surface area contributed by atoms with E-state index in [1.165, 1.54) is 5.56 Å². The maximum absolute atomic E-state index is 12.7. The zero-order valence-electron chi connectivity index (χ0n) is 25.6. The smallest absolute Gasteiger partial charge is 0.328 e. The average molecular weight is 620 g/mol. The molecule has 1 aliphatic heterocycles. The first-order valence-electron chi connectivity index (χ1n) is 14.9. The van der Waals surface area contributed by atoms with Gasteiger partial charge >= 0.3 is 11.9 Å². The standard InChI is InChI=1S/C32H38ClNO2.C4H4O4/c1-32(2,3)27-15-11-24(12-16-27)30(35)10-7-21-34-22-19-29(20-23-34)36-31(25-8-5-4-6-9-25)26-13-17-28(33)18-14-26;5-3(6)1-2-4(7)8/h4-6,8-9,11-18,29,31H,7,10,19-23H2,1-3H3;1-2H,(H,5,6)(H,7,8). The summed E-state index contributed by atoms with van der Waals surface area (Å²) in [4.78, 5) is 34.2. The third-order valence-corrected chi connectivity index (χ3v) is 7.71. The largest absolute Gasteiger partial charge is 0.478 e. The Morgan fingerprint density at radius 2 is 1.41 bits per heavy atom. The molecule has 7 nitrogen and oxygen atoms in total. The highest BCUT2D eigenvalue weighted by atomic mass is 35.5. The van der Waals surface area contributed by atoms with Gasteiger partial charge in [0.1, 0.15) is 6.10 Å². The van der Waals surface area contributed by atoms with Crippen LogP contribution in [-0.2, 0) is 19.7 Å². The number of carbonyl (C=O) groups is 3. The molecule has 234 valence electrons. The van der Waals surface area contributed by atoms with Crippen LogP contribution in [0.2, 0.25) is 5.02 Å². The van der Waals surface area contributed by atoms with Gasteiger partial charge in [-0.05, 0) is 60.0 Å². The molecule has 2 N–H and O–H groups in total. The van der Waals surface area contributed by atoms with Crippen molar-refractivity contribution in [2.45, 2.75) is 64.1 Å². The normalized spacial score (nSPS) is 14.9. The summed E-state index contributed by atoms with van der Waals surface area (Å²) in [7, 11) is 0. The molecule has 1 fully saturated rings. The SMILES string of the molecule is CC(C)(C)c1ccc(C(=O)CCCN2CCC(OC(c3ccccc3)c3ccc(Cl)cc3)CC2)cc1.O=C(O)C=CC(=O)O. The summed E-state index contributed by atoms with van der Waals surface area (Å²) in [6, 6.07) is 26.5. The number of benzene rings is 3. The van der Waals surface area contributed by atoms with Gasteiger partial charge < -0.3 is 19.8 Å². The van der Waals surface area contributed by atoms with E-state index in [0.29, 0.717) is 18.6 Å². The van der Waals surface area contributed by atoms with Crippen molar-refractivity contribution in [2.75, 3.05) is 19.6 Å². The van der Waals surface area contributed by atoms with E-state index in [-0.39, 0.29) is 23.4 Å². The highest BCUT2D eigenvalue weighted by molar-refractivity contribution is 6.30. The summed E-state index contributed by atoms with van der Waals surface area (Å²) >= 11 is 6.12. The van der Waals surface area contributed by atoms with Crippen molar-refractivity contribution >= 4 is 29.3 Å². The molecule has 8 heteroatoms. The van der Waals surface area contributed by atoms with Gasteiger partial charge in [-0.15, -0.1) is 0 Å². The Kier molecular flexibility index (Phi) is 13.3. The molecule has 0 spiro atoms. The van der Waals surface area contributed by atoms with Crippen LogP contribution in [0.5, 0.6) is 0 Å². The summed E-state index contributed by atoms with van der Waals surface area (Å²) in [6.07, 6.45) is 4.72. The Morgan fingerprint density at radius 1 is 0.864 bits per heavy atom. The lowest BCUT2D eigenvalue weighted by Gasteiger charge is -2.34. The van der Waals surface area contributed by atoms with Crippen LogP contribution in [-0.4, -0.2) is 58.6 Å². The van der Waals surface area contributed by atoms with Gasteiger partial charge in [-0.2, -0.15) is 0 Å². The first-order chi connectivity index (χ1) is 20.9. The molecule has 0 aliphatic carbocycles. The number of nitrogens with zero attached hydrogens (tertiary/aromatic N) is 1. The highest BCUT2D eigenvalue weighted by Crippen LogP contribution is 2.31. The van der Waals surface area contributed by atoms with Crippen molar-refractivity contribution in [1.82, 2.24) is 4.90 Å². The number of halogens is 1. The van der Waals surface area contributed by atoms with Crippen LogP contribution in [0.3, 0.4) is 0 Å². The third kappa shape index (κ3) is 11.7. The Hall–Kier alpha value is -3.78. The number of Topliss-reactive ketones (excluding diaryl/α,β-unsaturated/α-hetero) is 1. The lowest BCUT2D eigenvalue weighted by Crippen LogP contribution is -2.38. The molecule has 4 rings (SSSR count). The van der Waals surface area contributed by atoms with E-state index < -0.39 is 11.9 Å². The number of ether oxygens (including phenoxy) is 1. The average Bonchev–Trinajstić information content (AvgIpc) is 3.00. The molecule has 0 radical (unpaired) electrons. The first kappa shape index (κ1) is 34.7. The molecular weight excluding hydrogens is 578 g/mol. The van der Waals surface area contributed by atoms with E-state index >= 15 is 0 Å². The van der Waals surface area contributed by atoms with Gasteiger partial charge in [-0.3, -0.25) is 4.79 Å². The molecule has 3 aromatic rings. The zero-order valence-corrected chi connectivity index (χ0v) is 26.4. The molecule has 1 heterocycles. The van der Waals surface area contributed by atoms with Gasteiger partial charge in [0, 0.05) is 42.2 Å². The Labute approximate surface area is 265 Å². The topological polar surface area (TPSA) is 104 Å². The van der Waals surface area contributed by atoms with Gasteiger partial charge in [0.25, 0.3) is 0 Å². The van der Waals surface area contributed by atoms with Crippen LogP contribution in [0, 0.1) is 0 Å². The zero-order chi connectivity index (χ0) is 32.1. The van der Waals surface area contributed by atoms with Gasteiger partial charge in [-0.1, -0.05) is 99.1 Å². The summed E-state index contributed by atoms with van der Waals surface area (Å²) in [5.41, 5.74) is 4.48. The highest BCUT2D eigenvalue weighted by Gasteiger charge is 2.25. The Bertz CT molecular complexity index is 1360. The molecule has 1 saturated heterocycles. The third-order valence-electron chi connectivity index (χ3n) is 7.46. The molecule has 1 atom stereocenters. The van der Waals surface area contributed by atoms with Crippen molar-refractivity contribution in [2.24, 2.45) is 0 Å². The van der Waals surface area contributed by atoms with E-state index in [9.17, 15) is 14.4 Å². The van der Waals surface area contributed by atoms with Gasteiger partial charge in [0.15, 0.2) is 5.78 Å². The summed E-state index contributed by atoms with van der Waals surface area (Å²) in [5.74, 6) is -2.28. The van der Waals surface area contributed by atoms with Crippen molar-refractivity contribution in [3.05, 3.63) is 118 Å². The van der Waals surface area contributed by atoms with E-state index in [0.717, 1.165) is 60.6 Å². The number of hydrogen-bond acceptors (Lipinski definition) is 5. The molecule has 0 aromatic heterocycles. The van der Waals surface area contributed by atoms with Crippen molar-refractivity contribution in [1.29, 1.82) is 0 Å². The van der Waals surface area contributed by atoms with Crippen LogP contribution in [0.4, 0.5) is 0 Å². The molecule has 0 bridgehead atoms. The minimum atomic E-state index is -1.26. The van der Waals surface area contributed by atoms with Crippen LogP contribution in [0.1, 0.15) is 79.6 Å². The summed E-state index contributed by atoms with van der Waals surface area (Å²) < 4.78 is 6.66. The van der Waals surface area contributed by atoms with E-state index in [2.05, 4.69) is 74.2 Å². The number of likely N-dealkylation sites (tertiary alicyclic amines) is 1. The van der Waals surface area contributed by atoms with Gasteiger partial charge in [0.2, 0.25) is 0 Å². The number of ketones is 1. The number of hydrogen-bond donors (Lipinski definition) is 2. The molecule has 44 heavy (non-hydrogen) atoms. The van der Waals surface area contributed by atoms with Crippen molar-refractivity contribution < 1.29 is 29.3 Å². The molecule has 0 amide bonds. The summed E-state index contributed by atoms with van der Waals surface area (Å²) in [6.45, 7) is 9.53. The van der Waals surface area contributed by atoms with Crippen molar-refractivity contribution in [3.63, 3.8) is 0 Å². The molecule has 3 aromatic carbocycles. The maximum atomic E-state index is 12.7. The second-order valence-corrected chi connectivity index (χ2v) is 12.3. The second kappa shape index (κ2) is 16.9. The number of rotatable bonds is 11. The second-order valence-electron chi connectivity index (χ2n) is 11.9. The minimum Gasteiger partial charge on any atom is -0.478 e. The molecule has 1 aliphatic rings. The number of piperidine rings is 1. The number of aliphatic carboxylic acids is 2. The predicted molar refractivity (Wildman–Crippen MR) is 173 cm³/mol. The van der Waals surface area contributed by atoms with Crippen LogP contribution < -0.4 is 0 Å². The summed E-state index contributed by atoms with van der Waals surface area (Å²) in [5, 5.41) is 16.4. The fourth-order valence-corrected chi connectivity index (χ4v) is 5.11. The van der Waals surface area contributed by atoms with Crippen LogP contribution in [0.25, 0.3) is 0 Å². The van der Waals surface area contributed by atoms with E-state index in [1.807, 2.05) is 30.3 Å². The van der Waals surface area contributed by atoms with Crippen LogP contribution >= 0.6 is 11.6 Å². The monoisotopic (exact) mass is 619 g/mol. The maximum Gasteiger partial charge on any atom is 0.328 e. The number of carboxylic acids is 2. The van der Waals surface area contributed by atoms with Gasteiger partial charge in [-0.25, -0.2) is 9.59 Å². The lowest BCUT2D eigenvalue weighted by molar-refractivity contribution is -0.134. The fraction of sp³-hybridized carbons (Fsp3) is 0.361. The number of carbonyl (C=O) groups excluding carboxylic acids is 1. The predicted octanol–water partition coefficient (Wildman–Crippen LogP) is 7.58. The first-order valence-corrected chi connectivity index (χ1v) is 15.3.